The first-order chi connectivity index (χ1) is 7.06. The molecule has 84 valence electrons. The molecular formula is C10H15NO4. The van der Waals surface area contributed by atoms with Crippen LogP contribution in [0.1, 0.15) is 26.2 Å². The number of carboxylic acid groups (broad SMARTS) is 1. The molecule has 1 saturated carbocycles. The average molecular weight is 213 g/mol. The summed E-state index contributed by atoms with van der Waals surface area (Å²) < 4.78 is 5.45. The molecule has 2 rings (SSSR count). The molecule has 5 nitrogen and oxygen atoms in total. The highest BCUT2D eigenvalue weighted by molar-refractivity contribution is 5.87. The lowest BCUT2D eigenvalue weighted by molar-refractivity contribution is -0.183. The maximum atomic E-state index is 11.2. The number of carbonyl (C=O) groups excluding carboxylic acids is 1. The largest absolute Gasteiger partial charge is 0.479 e. The van der Waals surface area contributed by atoms with Gasteiger partial charge >= 0.3 is 5.97 Å². The predicted octanol–water partition coefficient (Wildman–Crippen LogP) is 0.145. The van der Waals surface area contributed by atoms with Crippen LogP contribution in [0.25, 0.3) is 0 Å². The number of fused-ring (bicyclic) bond motifs is 1. The van der Waals surface area contributed by atoms with Crippen molar-refractivity contribution in [1.82, 2.24) is 5.32 Å². The van der Waals surface area contributed by atoms with Gasteiger partial charge in [-0.05, 0) is 12.8 Å². The van der Waals surface area contributed by atoms with E-state index < -0.39 is 11.5 Å². The molecule has 1 aliphatic carbocycles. The maximum absolute atomic E-state index is 11.2. The summed E-state index contributed by atoms with van der Waals surface area (Å²) in [6, 6.07) is 0. The van der Waals surface area contributed by atoms with Crippen molar-refractivity contribution in [3.63, 3.8) is 0 Å². The molecule has 0 spiro atoms. The first-order valence-electron chi connectivity index (χ1n) is 5.20. The minimum Gasteiger partial charge on any atom is -0.479 e. The normalized spacial score (nSPS) is 38.7. The summed E-state index contributed by atoms with van der Waals surface area (Å²) in [5.74, 6) is -1.29. The van der Waals surface area contributed by atoms with Crippen molar-refractivity contribution < 1.29 is 19.4 Å². The summed E-state index contributed by atoms with van der Waals surface area (Å²) >= 11 is 0. The first-order valence-corrected chi connectivity index (χ1v) is 5.20. The summed E-state index contributed by atoms with van der Waals surface area (Å²) in [6.45, 7) is 2.05. The van der Waals surface area contributed by atoms with Crippen LogP contribution < -0.4 is 5.32 Å². The van der Waals surface area contributed by atoms with Crippen molar-refractivity contribution >= 4 is 11.9 Å². The third kappa shape index (κ3) is 1.51. The van der Waals surface area contributed by atoms with E-state index >= 15 is 0 Å². The molecular weight excluding hydrogens is 198 g/mol. The van der Waals surface area contributed by atoms with Gasteiger partial charge in [-0.15, -0.1) is 0 Å². The fourth-order valence-corrected chi connectivity index (χ4v) is 2.67. The summed E-state index contributed by atoms with van der Waals surface area (Å²) in [6.07, 6.45) is 2.10. The highest BCUT2D eigenvalue weighted by atomic mass is 16.5. The van der Waals surface area contributed by atoms with E-state index in [4.69, 9.17) is 4.74 Å². The zero-order chi connectivity index (χ0) is 11.1. The molecule has 0 aromatic carbocycles. The predicted molar refractivity (Wildman–Crippen MR) is 51.3 cm³/mol. The molecule has 1 saturated heterocycles. The minimum absolute atomic E-state index is 0.0155. The highest BCUT2D eigenvalue weighted by Gasteiger charge is 2.61. The SMILES string of the molecule is CC(=O)N[C@]1(C(=O)O)C[C@@H]2OCCC[C@@H]21. The second-order valence-corrected chi connectivity index (χ2v) is 4.32. The number of rotatable bonds is 2. The number of nitrogens with one attached hydrogen (secondary N) is 1. The van der Waals surface area contributed by atoms with Gasteiger partial charge in [0.05, 0.1) is 6.10 Å². The molecule has 0 aromatic heterocycles. The highest BCUT2D eigenvalue weighted by Crippen LogP contribution is 2.46. The van der Waals surface area contributed by atoms with Crippen molar-refractivity contribution in [2.75, 3.05) is 6.61 Å². The molecule has 1 heterocycles. The molecule has 2 fully saturated rings. The lowest BCUT2D eigenvalue weighted by atomic mass is 9.61. The van der Waals surface area contributed by atoms with Crippen molar-refractivity contribution in [1.29, 1.82) is 0 Å². The first kappa shape index (κ1) is 10.4. The van der Waals surface area contributed by atoms with E-state index in [9.17, 15) is 14.7 Å². The monoisotopic (exact) mass is 213 g/mol. The van der Waals surface area contributed by atoms with Crippen LogP contribution in [-0.4, -0.2) is 35.2 Å². The molecule has 0 radical (unpaired) electrons. The number of aliphatic carboxylic acids is 1. The fraction of sp³-hybridized carbons (Fsp3) is 0.800. The Morgan fingerprint density at radius 2 is 2.27 bits per heavy atom. The number of carboxylic acids is 1. The van der Waals surface area contributed by atoms with Gasteiger partial charge in [-0.25, -0.2) is 4.79 Å². The second-order valence-electron chi connectivity index (χ2n) is 4.32. The third-order valence-corrected chi connectivity index (χ3v) is 3.38. The third-order valence-electron chi connectivity index (χ3n) is 3.38. The van der Waals surface area contributed by atoms with Gasteiger partial charge in [-0.2, -0.15) is 0 Å². The van der Waals surface area contributed by atoms with E-state index in [-0.39, 0.29) is 17.9 Å². The molecule has 15 heavy (non-hydrogen) atoms. The smallest absolute Gasteiger partial charge is 0.329 e. The van der Waals surface area contributed by atoms with Gasteiger partial charge in [0.15, 0.2) is 0 Å². The van der Waals surface area contributed by atoms with Crippen LogP contribution in [0.15, 0.2) is 0 Å². The maximum Gasteiger partial charge on any atom is 0.329 e. The average Bonchev–Trinajstić information content (AvgIpc) is 2.13. The number of amides is 1. The molecule has 0 unspecified atom stereocenters. The van der Waals surface area contributed by atoms with Crippen LogP contribution in [-0.2, 0) is 14.3 Å². The standard InChI is InChI=1S/C10H15NO4/c1-6(12)11-10(9(13)14)5-8-7(10)3-2-4-15-8/h7-8H,2-5H2,1H3,(H,11,12)(H,13,14)/t7-,8-,10+/m0/s1. The molecule has 3 atom stereocenters. The number of hydrogen-bond donors (Lipinski definition) is 2. The Morgan fingerprint density at radius 1 is 1.53 bits per heavy atom. The van der Waals surface area contributed by atoms with Gasteiger partial charge in [0.1, 0.15) is 5.54 Å². The van der Waals surface area contributed by atoms with E-state index in [1.165, 1.54) is 6.92 Å². The van der Waals surface area contributed by atoms with Gasteiger partial charge in [-0.3, -0.25) is 4.79 Å². The van der Waals surface area contributed by atoms with Crippen molar-refractivity contribution in [2.24, 2.45) is 5.92 Å². The summed E-state index contributed by atoms with van der Waals surface area (Å²) in [5, 5.41) is 11.8. The van der Waals surface area contributed by atoms with Gasteiger partial charge in [-0.1, -0.05) is 0 Å². The molecule has 1 aliphatic heterocycles. The Balaban J connectivity index is 2.15. The number of hydrogen-bond acceptors (Lipinski definition) is 3. The van der Waals surface area contributed by atoms with Crippen molar-refractivity contribution in [2.45, 2.75) is 37.8 Å². The Bertz CT molecular complexity index is 304. The van der Waals surface area contributed by atoms with Gasteiger partial charge in [0, 0.05) is 25.9 Å². The van der Waals surface area contributed by atoms with Gasteiger partial charge in [0.25, 0.3) is 0 Å². The van der Waals surface area contributed by atoms with Gasteiger partial charge < -0.3 is 15.2 Å². The lowest BCUT2D eigenvalue weighted by Gasteiger charge is -2.53. The Kier molecular flexibility index (Phi) is 2.42. The minimum atomic E-state index is -1.07. The fourth-order valence-electron chi connectivity index (χ4n) is 2.67. The zero-order valence-electron chi connectivity index (χ0n) is 8.66. The van der Waals surface area contributed by atoms with Crippen LogP contribution in [0.5, 0.6) is 0 Å². The molecule has 1 amide bonds. The summed E-state index contributed by atoms with van der Waals surface area (Å²) in [7, 11) is 0. The topological polar surface area (TPSA) is 75.6 Å². The Labute approximate surface area is 87.8 Å². The van der Waals surface area contributed by atoms with E-state index in [0.717, 1.165) is 12.8 Å². The van der Waals surface area contributed by atoms with E-state index in [1.54, 1.807) is 0 Å². The van der Waals surface area contributed by atoms with Gasteiger partial charge in [0.2, 0.25) is 5.91 Å². The quantitative estimate of drug-likeness (QED) is 0.684. The molecule has 0 aromatic rings. The Morgan fingerprint density at radius 3 is 2.80 bits per heavy atom. The van der Waals surface area contributed by atoms with Crippen molar-refractivity contribution in [3.05, 3.63) is 0 Å². The van der Waals surface area contributed by atoms with E-state index in [1.807, 2.05) is 0 Å². The number of ether oxygens (including phenoxy) is 1. The molecule has 5 heteroatoms. The van der Waals surface area contributed by atoms with E-state index in [2.05, 4.69) is 5.32 Å². The molecule has 0 bridgehead atoms. The lowest BCUT2D eigenvalue weighted by Crippen LogP contribution is -2.72. The summed E-state index contributed by atoms with van der Waals surface area (Å²) in [5.41, 5.74) is -1.07. The van der Waals surface area contributed by atoms with Crippen LogP contribution >= 0.6 is 0 Å². The van der Waals surface area contributed by atoms with Crippen LogP contribution in [0.2, 0.25) is 0 Å². The van der Waals surface area contributed by atoms with Crippen LogP contribution in [0, 0.1) is 5.92 Å². The summed E-state index contributed by atoms with van der Waals surface area (Å²) in [4.78, 5) is 22.2. The second kappa shape index (κ2) is 3.48. The Hall–Kier alpha value is -1.10. The number of carbonyl (C=O) groups is 2. The van der Waals surface area contributed by atoms with Crippen LogP contribution in [0.4, 0.5) is 0 Å². The van der Waals surface area contributed by atoms with Crippen molar-refractivity contribution in [3.8, 4) is 0 Å². The zero-order valence-corrected chi connectivity index (χ0v) is 8.66. The molecule has 2 aliphatic rings. The van der Waals surface area contributed by atoms with Crippen LogP contribution in [0.3, 0.4) is 0 Å². The molecule has 2 N–H and O–H groups in total. The van der Waals surface area contributed by atoms with E-state index in [0.29, 0.717) is 13.0 Å².